The van der Waals surface area contributed by atoms with Crippen LogP contribution in [0, 0.1) is 12.7 Å². The average Bonchev–Trinajstić information content (AvgIpc) is 3.06. The van der Waals surface area contributed by atoms with Crippen LogP contribution in [0.5, 0.6) is 17.4 Å². The summed E-state index contributed by atoms with van der Waals surface area (Å²) in [5, 5.41) is 0. The van der Waals surface area contributed by atoms with Gasteiger partial charge in [0.15, 0.2) is 0 Å². The highest BCUT2D eigenvalue weighted by Gasteiger charge is 2.37. The zero-order valence-electron chi connectivity index (χ0n) is 27.6. The lowest BCUT2D eigenvalue weighted by Gasteiger charge is -2.39. The molecular weight excluding hydrogens is 666 g/mol. The van der Waals surface area contributed by atoms with Crippen molar-refractivity contribution in [1.29, 1.82) is 0 Å². The first-order valence-corrected chi connectivity index (χ1v) is 16.8. The van der Waals surface area contributed by atoms with Crippen molar-refractivity contribution in [2.75, 3.05) is 32.6 Å². The van der Waals surface area contributed by atoms with Crippen LogP contribution < -0.4 is 18.5 Å². The van der Waals surface area contributed by atoms with Gasteiger partial charge in [0.2, 0.25) is 5.88 Å². The fraction of sp³-hybridized carbons (Fsp3) is 0.382. The van der Waals surface area contributed by atoms with E-state index in [0.717, 1.165) is 16.4 Å². The number of pyridine rings is 1. The van der Waals surface area contributed by atoms with Crippen LogP contribution in [0.1, 0.15) is 47.6 Å². The van der Waals surface area contributed by atoms with E-state index in [0.29, 0.717) is 48.0 Å². The number of anilines is 1. The molecule has 1 fully saturated rings. The first kappa shape index (κ1) is 35.8. The number of hydrogen-bond donors (Lipinski definition) is 0. The van der Waals surface area contributed by atoms with Crippen molar-refractivity contribution in [2.24, 2.45) is 0 Å². The first-order chi connectivity index (χ1) is 23.2. The summed E-state index contributed by atoms with van der Waals surface area (Å²) in [4.78, 5) is 14.5. The standard InChI is InChI=1S/C34H37F4N5O5S/c1-21-31(49(44,45)43(32-12-13-39-20-40-32)19-23-6-8-27(46-4)18-30(23)47-5)10-11-33(41-21)48-29-9-7-22(16-28(29)42(2)3)24-14-25(34(36,37)38)17-26(35)15-24/h6,8,10-15,17-18,20,22,28-29H,7,9,16,19H2,1-5H3/t22-,28-,29-/m0/s1. The lowest BCUT2D eigenvalue weighted by molar-refractivity contribution is -0.137. The molecule has 0 spiro atoms. The summed E-state index contributed by atoms with van der Waals surface area (Å²) >= 11 is 0. The Labute approximate surface area is 282 Å². The quantitative estimate of drug-likeness (QED) is 0.164. The predicted molar refractivity (Wildman–Crippen MR) is 174 cm³/mol. The molecule has 10 nitrogen and oxygen atoms in total. The molecule has 0 amide bonds. The number of likely N-dealkylation sites (N-methyl/N-ethyl adjacent to an activating group) is 1. The van der Waals surface area contributed by atoms with Crippen molar-refractivity contribution in [3.8, 4) is 17.4 Å². The fourth-order valence-corrected chi connectivity index (χ4v) is 7.67. The highest BCUT2D eigenvalue weighted by Crippen LogP contribution is 2.39. The molecule has 0 N–H and O–H groups in total. The van der Waals surface area contributed by atoms with Gasteiger partial charge in [0.1, 0.15) is 40.5 Å². The van der Waals surface area contributed by atoms with E-state index in [4.69, 9.17) is 14.2 Å². The highest BCUT2D eigenvalue weighted by atomic mass is 32.2. The van der Waals surface area contributed by atoms with E-state index in [2.05, 4.69) is 15.0 Å². The van der Waals surface area contributed by atoms with E-state index >= 15 is 0 Å². The summed E-state index contributed by atoms with van der Waals surface area (Å²) < 4.78 is 101. The maximum Gasteiger partial charge on any atom is 0.416 e. The Morgan fingerprint density at radius 3 is 2.39 bits per heavy atom. The van der Waals surface area contributed by atoms with Crippen molar-refractivity contribution < 1.29 is 40.2 Å². The van der Waals surface area contributed by atoms with Crippen LogP contribution in [0.2, 0.25) is 0 Å². The third-order valence-electron chi connectivity index (χ3n) is 8.62. The number of sulfonamides is 1. The lowest BCUT2D eigenvalue weighted by atomic mass is 9.79. The SMILES string of the molecule is COc1ccc(CN(c2ccncn2)S(=O)(=O)c2ccc(O[C@H]3CC[C@H](c4cc(F)cc(C(F)(F)F)c4)C[C@@H]3N(C)C)nc2C)c(OC)c1. The summed E-state index contributed by atoms with van der Waals surface area (Å²) in [5.74, 6) is 0.0583. The maximum atomic E-state index is 14.2. The van der Waals surface area contributed by atoms with Crippen molar-refractivity contribution in [1.82, 2.24) is 19.9 Å². The van der Waals surface area contributed by atoms with Crippen molar-refractivity contribution in [3.63, 3.8) is 0 Å². The van der Waals surface area contributed by atoms with Gasteiger partial charge in [-0.3, -0.25) is 0 Å². The van der Waals surface area contributed by atoms with Crippen LogP contribution in [-0.2, 0) is 22.7 Å². The average molecular weight is 704 g/mol. The van der Waals surface area contributed by atoms with Gasteiger partial charge in [0.05, 0.1) is 32.0 Å². The molecule has 49 heavy (non-hydrogen) atoms. The molecule has 1 aliphatic carbocycles. The minimum absolute atomic E-state index is 0.0645. The van der Waals surface area contributed by atoms with Gasteiger partial charge in [-0.2, -0.15) is 13.2 Å². The van der Waals surface area contributed by atoms with Gasteiger partial charge >= 0.3 is 6.18 Å². The number of alkyl halides is 3. The predicted octanol–water partition coefficient (Wildman–Crippen LogP) is 6.40. The number of hydrogen-bond acceptors (Lipinski definition) is 9. The molecule has 5 rings (SSSR count). The van der Waals surface area contributed by atoms with Crippen LogP contribution in [0.3, 0.4) is 0 Å². The molecule has 0 saturated heterocycles. The first-order valence-electron chi connectivity index (χ1n) is 15.4. The zero-order valence-corrected chi connectivity index (χ0v) is 28.4. The second-order valence-electron chi connectivity index (χ2n) is 12.0. The van der Waals surface area contributed by atoms with Gasteiger partial charge < -0.3 is 19.1 Å². The third kappa shape index (κ3) is 8.05. The molecule has 2 heterocycles. The minimum Gasteiger partial charge on any atom is -0.497 e. The summed E-state index contributed by atoms with van der Waals surface area (Å²) in [7, 11) is 2.44. The van der Waals surface area contributed by atoms with E-state index in [1.807, 2.05) is 19.0 Å². The minimum atomic E-state index is -4.66. The van der Waals surface area contributed by atoms with Crippen molar-refractivity contribution >= 4 is 15.8 Å². The van der Waals surface area contributed by atoms with E-state index in [1.54, 1.807) is 25.1 Å². The molecule has 1 saturated carbocycles. The topological polar surface area (TPSA) is 107 Å². The van der Waals surface area contributed by atoms with E-state index in [-0.39, 0.29) is 40.8 Å². The lowest BCUT2D eigenvalue weighted by Crippen LogP contribution is -2.46. The Balaban J connectivity index is 1.39. The molecule has 2 aromatic heterocycles. The van der Waals surface area contributed by atoms with Gasteiger partial charge in [-0.25, -0.2) is 32.1 Å². The number of aryl methyl sites for hydroxylation is 1. The molecule has 3 atom stereocenters. The molecule has 15 heteroatoms. The summed E-state index contributed by atoms with van der Waals surface area (Å²) in [5.41, 5.74) is 0.0297. The zero-order chi connectivity index (χ0) is 35.5. The molecule has 0 aliphatic heterocycles. The second kappa shape index (κ2) is 14.5. The maximum absolute atomic E-state index is 14.2. The number of rotatable bonds is 11. The Bertz CT molecular complexity index is 1880. The van der Waals surface area contributed by atoms with E-state index in [1.165, 1.54) is 44.9 Å². The number of methoxy groups -OCH3 is 2. The van der Waals surface area contributed by atoms with Crippen LogP contribution in [0.15, 0.2) is 72.0 Å². The largest absolute Gasteiger partial charge is 0.497 e. The molecular formula is C34H37F4N5O5S. The van der Waals surface area contributed by atoms with Crippen molar-refractivity contribution in [2.45, 2.75) is 61.9 Å². The number of halogens is 4. The molecule has 0 unspecified atom stereocenters. The molecule has 0 bridgehead atoms. The van der Waals surface area contributed by atoms with Gasteiger partial charge in [-0.15, -0.1) is 0 Å². The van der Waals surface area contributed by atoms with Gasteiger partial charge in [-0.1, -0.05) is 0 Å². The van der Waals surface area contributed by atoms with E-state index in [9.17, 15) is 26.0 Å². The number of benzene rings is 2. The highest BCUT2D eigenvalue weighted by molar-refractivity contribution is 7.92. The Morgan fingerprint density at radius 1 is 0.980 bits per heavy atom. The summed E-state index contributed by atoms with van der Waals surface area (Å²) in [6.45, 7) is 1.45. The normalized spacial score (nSPS) is 18.3. The van der Waals surface area contributed by atoms with Crippen LogP contribution in [0.25, 0.3) is 0 Å². The smallest absolute Gasteiger partial charge is 0.416 e. The monoisotopic (exact) mass is 703 g/mol. The number of ether oxygens (including phenoxy) is 3. The van der Waals surface area contributed by atoms with Gasteiger partial charge in [0, 0.05) is 36.0 Å². The molecule has 0 radical (unpaired) electrons. The van der Waals surface area contributed by atoms with Crippen molar-refractivity contribution in [3.05, 3.63) is 95.3 Å². The van der Waals surface area contributed by atoms with Gasteiger partial charge in [0.25, 0.3) is 10.0 Å². The Hall–Kier alpha value is -4.50. The van der Waals surface area contributed by atoms with Gasteiger partial charge in [-0.05, 0) is 88.2 Å². The molecule has 262 valence electrons. The summed E-state index contributed by atoms with van der Waals surface area (Å²) in [6.07, 6.45) is -1.03. The molecule has 2 aromatic carbocycles. The summed E-state index contributed by atoms with van der Waals surface area (Å²) in [6, 6.07) is 11.9. The fourth-order valence-electron chi connectivity index (χ4n) is 6.11. The Kier molecular flexibility index (Phi) is 10.6. The van der Waals surface area contributed by atoms with E-state index < -0.39 is 33.7 Å². The number of nitrogens with zero attached hydrogens (tertiary/aromatic N) is 5. The van der Waals surface area contributed by atoms with Crippen LogP contribution in [0.4, 0.5) is 23.4 Å². The Morgan fingerprint density at radius 2 is 1.76 bits per heavy atom. The molecule has 1 aliphatic rings. The second-order valence-corrected chi connectivity index (χ2v) is 13.8. The van der Waals surface area contributed by atoms with Crippen LogP contribution in [-0.4, -0.2) is 68.7 Å². The van der Waals surface area contributed by atoms with Crippen LogP contribution >= 0.6 is 0 Å². The number of aromatic nitrogens is 3. The third-order valence-corrected chi connectivity index (χ3v) is 10.5. The molecule has 4 aromatic rings.